The van der Waals surface area contributed by atoms with E-state index in [0.29, 0.717) is 28.8 Å². The summed E-state index contributed by atoms with van der Waals surface area (Å²) >= 11 is 1.37. The average Bonchev–Trinajstić information content (AvgIpc) is 3.13. The van der Waals surface area contributed by atoms with Crippen molar-refractivity contribution in [3.05, 3.63) is 39.9 Å². The number of carbonyl (C=O) groups excluding carboxylic acids is 3. The van der Waals surface area contributed by atoms with E-state index in [0.717, 1.165) is 30.7 Å². The molecule has 5 rings (SSSR count). The average molecular weight is 398 g/mol. The minimum absolute atomic E-state index is 0.108. The third kappa shape index (κ3) is 3.10. The number of amides is 3. The number of anilines is 1. The van der Waals surface area contributed by atoms with Gasteiger partial charge < -0.3 is 4.74 Å². The molecule has 3 heterocycles. The van der Waals surface area contributed by atoms with Crippen molar-refractivity contribution in [2.75, 3.05) is 18.5 Å². The van der Waals surface area contributed by atoms with Crippen LogP contribution in [0.3, 0.4) is 0 Å². The first-order valence-electron chi connectivity index (χ1n) is 9.37. The lowest BCUT2D eigenvalue weighted by atomic mass is 10.1. The molecule has 9 heteroatoms. The van der Waals surface area contributed by atoms with Gasteiger partial charge in [0.2, 0.25) is 5.13 Å². The molecule has 1 unspecified atom stereocenters. The lowest BCUT2D eigenvalue weighted by Gasteiger charge is -2.17. The van der Waals surface area contributed by atoms with Crippen LogP contribution in [0.4, 0.5) is 5.13 Å². The number of ether oxygens (including phenoxy) is 1. The maximum atomic E-state index is 12.7. The highest BCUT2D eigenvalue weighted by Crippen LogP contribution is 2.42. The fourth-order valence-electron chi connectivity index (χ4n) is 3.54. The van der Waals surface area contributed by atoms with E-state index >= 15 is 0 Å². The fourth-order valence-corrected chi connectivity index (χ4v) is 4.45. The molecule has 2 aliphatic heterocycles. The second-order valence-electron chi connectivity index (χ2n) is 7.29. The van der Waals surface area contributed by atoms with Crippen LogP contribution < -0.4 is 5.32 Å². The topological polar surface area (TPSA) is 101 Å². The van der Waals surface area contributed by atoms with Crippen molar-refractivity contribution in [2.45, 2.75) is 37.7 Å². The summed E-state index contributed by atoms with van der Waals surface area (Å²) in [6.45, 7) is 0.912. The number of fused-ring (bicyclic) bond motifs is 1. The Labute approximate surface area is 164 Å². The molecule has 0 spiro atoms. The molecular formula is C19H18N4O4S. The molecule has 0 bridgehead atoms. The van der Waals surface area contributed by atoms with Crippen LogP contribution in [0, 0.1) is 0 Å². The number of imide groups is 1. The summed E-state index contributed by atoms with van der Waals surface area (Å²) in [5.41, 5.74) is 0.889. The van der Waals surface area contributed by atoms with Crippen molar-refractivity contribution < 1.29 is 19.1 Å². The zero-order valence-electron chi connectivity index (χ0n) is 15.0. The third-order valence-electron chi connectivity index (χ3n) is 5.23. The predicted octanol–water partition coefficient (Wildman–Crippen LogP) is 2.44. The molecule has 2 aromatic rings. The Hall–Kier alpha value is -2.65. The van der Waals surface area contributed by atoms with Crippen LogP contribution in [0.15, 0.2) is 18.2 Å². The largest absolute Gasteiger partial charge is 0.376 e. The Morgan fingerprint density at radius 1 is 1.18 bits per heavy atom. The van der Waals surface area contributed by atoms with E-state index in [4.69, 9.17) is 4.74 Å². The quantitative estimate of drug-likeness (QED) is 0.777. The molecule has 2 fully saturated rings. The molecule has 1 saturated carbocycles. The molecule has 1 N–H and O–H groups in total. The molecule has 1 aliphatic carbocycles. The van der Waals surface area contributed by atoms with Crippen molar-refractivity contribution in [1.82, 2.24) is 15.1 Å². The van der Waals surface area contributed by atoms with Crippen molar-refractivity contribution in [3.8, 4) is 0 Å². The molecular weight excluding hydrogens is 380 g/mol. The Balaban J connectivity index is 1.32. The maximum Gasteiger partial charge on any atom is 0.261 e. The number of nitrogens with one attached hydrogen (secondary N) is 1. The Morgan fingerprint density at radius 2 is 2.00 bits per heavy atom. The zero-order valence-corrected chi connectivity index (χ0v) is 15.8. The summed E-state index contributed by atoms with van der Waals surface area (Å²) in [5, 5.41) is 12.2. The molecule has 1 atom stereocenters. The van der Waals surface area contributed by atoms with Crippen LogP contribution in [0.2, 0.25) is 0 Å². The number of benzene rings is 1. The molecule has 1 aromatic carbocycles. The molecule has 1 aromatic heterocycles. The zero-order chi connectivity index (χ0) is 19.3. The van der Waals surface area contributed by atoms with Crippen LogP contribution in [-0.2, 0) is 4.74 Å². The smallest absolute Gasteiger partial charge is 0.261 e. The van der Waals surface area contributed by atoms with E-state index in [9.17, 15) is 14.4 Å². The highest BCUT2D eigenvalue weighted by atomic mass is 32.1. The normalized spacial score (nSPS) is 21.3. The van der Waals surface area contributed by atoms with Gasteiger partial charge in [0.1, 0.15) is 5.01 Å². The Kier molecular flexibility index (Phi) is 4.21. The maximum absolute atomic E-state index is 12.7. The van der Waals surface area contributed by atoms with Crippen LogP contribution in [0.25, 0.3) is 0 Å². The van der Waals surface area contributed by atoms with Gasteiger partial charge in [0.25, 0.3) is 17.7 Å². The van der Waals surface area contributed by atoms with Crippen LogP contribution >= 0.6 is 11.3 Å². The molecule has 0 radical (unpaired) electrons. The fraction of sp³-hybridized carbons (Fsp3) is 0.421. The number of nitrogens with zero attached hydrogens (tertiary/aromatic N) is 3. The van der Waals surface area contributed by atoms with E-state index < -0.39 is 0 Å². The lowest BCUT2D eigenvalue weighted by Crippen LogP contribution is -2.36. The first kappa shape index (κ1) is 17.4. The van der Waals surface area contributed by atoms with Crippen LogP contribution in [0.1, 0.15) is 67.7 Å². The second-order valence-corrected chi connectivity index (χ2v) is 8.30. The molecule has 8 nitrogen and oxygen atoms in total. The van der Waals surface area contributed by atoms with Gasteiger partial charge in [-0.15, -0.1) is 10.2 Å². The van der Waals surface area contributed by atoms with Gasteiger partial charge in [-0.2, -0.15) is 0 Å². The second kappa shape index (κ2) is 6.75. The van der Waals surface area contributed by atoms with E-state index in [-0.39, 0.29) is 35.9 Å². The molecule has 3 aliphatic rings. The summed E-state index contributed by atoms with van der Waals surface area (Å²) in [4.78, 5) is 39.1. The summed E-state index contributed by atoms with van der Waals surface area (Å²) in [5.74, 6) is -0.613. The van der Waals surface area contributed by atoms with Crippen molar-refractivity contribution in [1.29, 1.82) is 0 Å². The van der Waals surface area contributed by atoms with Gasteiger partial charge in [0.15, 0.2) is 0 Å². The van der Waals surface area contributed by atoms with Crippen LogP contribution in [0.5, 0.6) is 0 Å². The lowest BCUT2D eigenvalue weighted by molar-refractivity contribution is 0.0475. The van der Waals surface area contributed by atoms with Crippen molar-refractivity contribution >= 4 is 34.2 Å². The van der Waals surface area contributed by atoms with Crippen LogP contribution in [-0.4, -0.2) is 52.1 Å². The Morgan fingerprint density at radius 3 is 2.75 bits per heavy atom. The summed E-state index contributed by atoms with van der Waals surface area (Å²) in [7, 11) is 0. The summed E-state index contributed by atoms with van der Waals surface area (Å²) in [6, 6.07) is 4.57. The molecule has 28 heavy (non-hydrogen) atoms. The minimum Gasteiger partial charge on any atom is -0.376 e. The number of hydrogen-bond acceptors (Lipinski definition) is 7. The number of hydrogen-bond donors (Lipinski definition) is 1. The van der Waals surface area contributed by atoms with Gasteiger partial charge in [-0.25, -0.2) is 0 Å². The first-order chi connectivity index (χ1) is 13.6. The van der Waals surface area contributed by atoms with E-state index in [1.165, 1.54) is 28.4 Å². The SMILES string of the molecule is O=C(Nc1nnc(C2CC2)s1)c1ccc2c(c1)C(=O)N(CC1CCCO1)C2=O. The molecule has 3 amide bonds. The van der Waals surface area contributed by atoms with Gasteiger partial charge in [-0.1, -0.05) is 11.3 Å². The van der Waals surface area contributed by atoms with Crippen molar-refractivity contribution in [3.63, 3.8) is 0 Å². The number of aromatic nitrogens is 2. The molecule has 144 valence electrons. The van der Waals surface area contributed by atoms with E-state index in [2.05, 4.69) is 15.5 Å². The van der Waals surface area contributed by atoms with Gasteiger partial charge in [0, 0.05) is 18.1 Å². The highest BCUT2D eigenvalue weighted by molar-refractivity contribution is 7.15. The van der Waals surface area contributed by atoms with Gasteiger partial charge in [-0.05, 0) is 43.9 Å². The van der Waals surface area contributed by atoms with Crippen molar-refractivity contribution in [2.24, 2.45) is 0 Å². The number of rotatable bonds is 5. The standard InChI is InChI=1S/C19H18N4O4S/c24-15(20-19-22-21-16(28-19)10-3-4-10)11-5-6-13-14(8-11)18(26)23(17(13)25)9-12-2-1-7-27-12/h5-6,8,10,12H,1-4,7,9H2,(H,20,22,24). The van der Waals surface area contributed by atoms with Gasteiger partial charge in [-0.3, -0.25) is 24.6 Å². The van der Waals surface area contributed by atoms with E-state index in [1.54, 1.807) is 6.07 Å². The monoisotopic (exact) mass is 398 g/mol. The highest BCUT2D eigenvalue weighted by Gasteiger charge is 2.38. The predicted molar refractivity (Wildman–Crippen MR) is 101 cm³/mol. The minimum atomic E-state index is -0.378. The number of carbonyl (C=O) groups is 3. The van der Waals surface area contributed by atoms with Gasteiger partial charge in [0.05, 0.1) is 23.8 Å². The first-order valence-corrected chi connectivity index (χ1v) is 10.2. The Bertz CT molecular complexity index is 978. The summed E-state index contributed by atoms with van der Waals surface area (Å²) in [6.07, 6.45) is 3.90. The third-order valence-corrected chi connectivity index (χ3v) is 6.23. The molecule has 1 saturated heterocycles. The van der Waals surface area contributed by atoms with Gasteiger partial charge >= 0.3 is 0 Å². The summed E-state index contributed by atoms with van der Waals surface area (Å²) < 4.78 is 5.54. The van der Waals surface area contributed by atoms with E-state index in [1.807, 2.05) is 0 Å².